The largest absolute Gasteiger partial charge is 0.496 e. The van der Waals surface area contributed by atoms with Gasteiger partial charge in [0.05, 0.1) is 12.7 Å². The minimum absolute atomic E-state index is 0.139. The Morgan fingerprint density at radius 2 is 2.13 bits per heavy atom. The Balaban J connectivity index is 2.39. The fraction of sp³-hybridized carbons (Fsp3) is 0.333. The third kappa shape index (κ3) is 1.78. The number of fused-ring (bicyclic) bond motifs is 1. The zero-order chi connectivity index (χ0) is 10.8. The molecule has 1 aliphatic rings. The topological polar surface area (TPSA) is 70.8 Å². The lowest BCUT2D eigenvalue weighted by Gasteiger charge is -2.06. The van der Waals surface area contributed by atoms with Crippen molar-refractivity contribution >= 4 is 0 Å². The molecular formula is C9H9NO5. The number of nitrogens with zero attached hydrogens (tertiary/aromatic N) is 1. The lowest BCUT2D eigenvalue weighted by molar-refractivity contribution is -0.496. The maximum Gasteiger partial charge on any atom is 0.232 e. The summed E-state index contributed by atoms with van der Waals surface area (Å²) in [6.45, 7) is -0.153. The van der Waals surface area contributed by atoms with Gasteiger partial charge in [-0.15, -0.1) is 0 Å². The van der Waals surface area contributed by atoms with Crippen molar-refractivity contribution in [2.24, 2.45) is 0 Å². The van der Waals surface area contributed by atoms with Crippen molar-refractivity contribution in [1.29, 1.82) is 0 Å². The first kappa shape index (κ1) is 9.57. The van der Waals surface area contributed by atoms with Crippen molar-refractivity contribution in [3.8, 4) is 17.2 Å². The van der Waals surface area contributed by atoms with Crippen LogP contribution in [0.5, 0.6) is 17.2 Å². The van der Waals surface area contributed by atoms with E-state index in [-0.39, 0.29) is 13.3 Å². The predicted octanol–water partition coefficient (Wildman–Crippen LogP) is 1.20. The van der Waals surface area contributed by atoms with Crippen LogP contribution in [0.3, 0.4) is 0 Å². The SMILES string of the molecule is COc1cc2c(cc1C[N+](=O)[O-])OCO2. The highest BCUT2D eigenvalue weighted by molar-refractivity contribution is 5.51. The van der Waals surface area contributed by atoms with Crippen LogP contribution in [0, 0.1) is 10.1 Å². The van der Waals surface area contributed by atoms with Crippen LogP contribution in [-0.2, 0) is 6.54 Å². The second kappa shape index (κ2) is 3.64. The third-order valence-corrected chi connectivity index (χ3v) is 2.08. The maximum atomic E-state index is 10.4. The van der Waals surface area contributed by atoms with Crippen LogP contribution in [0.4, 0.5) is 0 Å². The van der Waals surface area contributed by atoms with E-state index in [0.29, 0.717) is 22.8 Å². The number of hydrogen-bond acceptors (Lipinski definition) is 5. The summed E-state index contributed by atoms with van der Waals surface area (Å²) in [4.78, 5) is 10.00. The molecule has 6 nitrogen and oxygen atoms in total. The summed E-state index contributed by atoms with van der Waals surface area (Å²) in [7, 11) is 1.46. The molecule has 0 atom stereocenters. The number of benzene rings is 1. The summed E-state index contributed by atoms with van der Waals surface area (Å²) in [6, 6.07) is 3.17. The monoisotopic (exact) mass is 211 g/mol. The van der Waals surface area contributed by atoms with Gasteiger partial charge in [-0.25, -0.2) is 0 Å². The van der Waals surface area contributed by atoms with Gasteiger partial charge >= 0.3 is 0 Å². The molecule has 1 aliphatic heterocycles. The van der Waals surface area contributed by atoms with Crippen molar-refractivity contribution in [3.63, 3.8) is 0 Å². The molecule has 0 saturated heterocycles. The van der Waals surface area contributed by atoms with Gasteiger partial charge in [-0.05, 0) is 6.07 Å². The third-order valence-electron chi connectivity index (χ3n) is 2.08. The van der Waals surface area contributed by atoms with Crippen molar-refractivity contribution < 1.29 is 19.1 Å². The number of hydrogen-bond donors (Lipinski definition) is 0. The van der Waals surface area contributed by atoms with E-state index >= 15 is 0 Å². The molecule has 2 rings (SSSR count). The van der Waals surface area contributed by atoms with Crippen LogP contribution < -0.4 is 14.2 Å². The van der Waals surface area contributed by atoms with Crippen molar-refractivity contribution in [2.45, 2.75) is 6.54 Å². The highest BCUT2D eigenvalue weighted by atomic mass is 16.7. The van der Waals surface area contributed by atoms with Crippen LogP contribution in [0.15, 0.2) is 12.1 Å². The van der Waals surface area contributed by atoms with Gasteiger partial charge < -0.3 is 14.2 Å². The van der Waals surface area contributed by atoms with E-state index in [1.165, 1.54) is 7.11 Å². The Labute approximate surface area is 85.5 Å². The van der Waals surface area contributed by atoms with Crippen molar-refractivity contribution in [1.82, 2.24) is 0 Å². The average Bonchev–Trinajstić information content (AvgIpc) is 2.62. The summed E-state index contributed by atoms with van der Waals surface area (Å²) in [5.41, 5.74) is 0.478. The van der Waals surface area contributed by atoms with Gasteiger partial charge in [0.25, 0.3) is 0 Å². The van der Waals surface area contributed by atoms with E-state index in [9.17, 15) is 10.1 Å². The van der Waals surface area contributed by atoms with Gasteiger partial charge in [-0.1, -0.05) is 0 Å². The Morgan fingerprint density at radius 1 is 1.47 bits per heavy atom. The lowest BCUT2D eigenvalue weighted by Crippen LogP contribution is -2.00. The highest BCUT2D eigenvalue weighted by Crippen LogP contribution is 2.38. The molecule has 0 fully saturated rings. The lowest BCUT2D eigenvalue weighted by atomic mass is 10.2. The first-order chi connectivity index (χ1) is 7.20. The molecule has 0 saturated carbocycles. The molecule has 15 heavy (non-hydrogen) atoms. The Bertz CT molecular complexity index is 404. The number of methoxy groups -OCH3 is 1. The zero-order valence-electron chi connectivity index (χ0n) is 8.06. The van der Waals surface area contributed by atoms with Crippen LogP contribution in [0.2, 0.25) is 0 Å². The van der Waals surface area contributed by atoms with Gasteiger partial charge in [0, 0.05) is 11.0 Å². The molecule has 0 spiro atoms. The van der Waals surface area contributed by atoms with Crippen molar-refractivity contribution in [2.75, 3.05) is 13.9 Å². The summed E-state index contributed by atoms with van der Waals surface area (Å²) in [5, 5.41) is 10.4. The minimum atomic E-state index is -0.417. The molecule has 0 amide bonds. The second-order valence-electron chi connectivity index (χ2n) is 3.01. The number of nitro groups is 1. The van der Waals surface area contributed by atoms with Crippen LogP contribution in [0.1, 0.15) is 5.56 Å². The van der Waals surface area contributed by atoms with Crippen LogP contribution in [0.25, 0.3) is 0 Å². The van der Waals surface area contributed by atoms with E-state index in [4.69, 9.17) is 14.2 Å². The fourth-order valence-electron chi connectivity index (χ4n) is 1.42. The van der Waals surface area contributed by atoms with Gasteiger partial charge in [0.15, 0.2) is 11.5 Å². The Morgan fingerprint density at radius 3 is 2.73 bits per heavy atom. The van der Waals surface area contributed by atoms with Gasteiger partial charge in [0.1, 0.15) is 5.75 Å². The van der Waals surface area contributed by atoms with E-state index in [0.717, 1.165) is 0 Å². The van der Waals surface area contributed by atoms with Gasteiger partial charge in [0.2, 0.25) is 13.3 Å². The van der Waals surface area contributed by atoms with Crippen molar-refractivity contribution in [3.05, 3.63) is 27.8 Å². The minimum Gasteiger partial charge on any atom is -0.496 e. The molecule has 0 aliphatic carbocycles. The van der Waals surface area contributed by atoms with Gasteiger partial charge in [-0.3, -0.25) is 10.1 Å². The van der Waals surface area contributed by atoms with E-state index in [2.05, 4.69) is 0 Å². The molecule has 1 heterocycles. The van der Waals surface area contributed by atoms with Crippen LogP contribution >= 0.6 is 0 Å². The predicted molar refractivity (Wildman–Crippen MR) is 49.8 cm³/mol. The van der Waals surface area contributed by atoms with E-state index in [1.54, 1.807) is 12.1 Å². The normalized spacial score (nSPS) is 12.6. The molecule has 0 unspecified atom stereocenters. The molecule has 1 aromatic rings. The smallest absolute Gasteiger partial charge is 0.232 e. The van der Waals surface area contributed by atoms with Gasteiger partial charge in [-0.2, -0.15) is 0 Å². The maximum absolute atomic E-state index is 10.4. The number of rotatable bonds is 3. The molecule has 6 heteroatoms. The molecule has 0 radical (unpaired) electrons. The molecule has 80 valence electrons. The second-order valence-corrected chi connectivity index (χ2v) is 3.01. The first-order valence-corrected chi connectivity index (χ1v) is 4.29. The standard InChI is InChI=1S/C9H9NO5/c1-13-7-3-9-8(14-5-15-9)2-6(7)4-10(11)12/h2-3H,4-5H2,1H3. The summed E-state index contributed by atoms with van der Waals surface area (Å²) in [5.74, 6) is 1.52. The first-order valence-electron chi connectivity index (χ1n) is 4.29. The summed E-state index contributed by atoms with van der Waals surface area (Å²) in [6.07, 6.45) is 0. The van der Waals surface area contributed by atoms with Crippen LogP contribution in [-0.4, -0.2) is 18.8 Å². The quantitative estimate of drug-likeness (QED) is 0.555. The zero-order valence-corrected chi connectivity index (χ0v) is 8.06. The highest BCUT2D eigenvalue weighted by Gasteiger charge is 2.19. The summed E-state index contributed by atoms with van der Waals surface area (Å²) < 4.78 is 15.3. The fourth-order valence-corrected chi connectivity index (χ4v) is 1.42. The summed E-state index contributed by atoms with van der Waals surface area (Å²) >= 11 is 0. The van der Waals surface area contributed by atoms with E-state index < -0.39 is 4.92 Å². The molecule has 0 N–H and O–H groups in total. The molecule has 0 bridgehead atoms. The number of ether oxygens (including phenoxy) is 3. The molecule has 0 aromatic heterocycles. The molecule has 1 aromatic carbocycles. The molecular weight excluding hydrogens is 202 g/mol. The Kier molecular flexibility index (Phi) is 2.32. The Hall–Kier alpha value is -1.98. The average molecular weight is 211 g/mol. The van der Waals surface area contributed by atoms with E-state index in [1.807, 2.05) is 0 Å².